The lowest BCUT2D eigenvalue weighted by Gasteiger charge is -2.09. The van der Waals surface area contributed by atoms with Gasteiger partial charge >= 0.3 is 20.2 Å². The maximum atomic E-state index is 12.2. The monoisotopic (exact) mass is 376 g/mol. The van der Waals surface area contributed by atoms with Gasteiger partial charge in [-0.3, -0.25) is 0 Å². The second-order valence-electron chi connectivity index (χ2n) is 4.65. The fourth-order valence-corrected chi connectivity index (χ4v) is 4.50. The molecule has 126 valence electrons. The van der Waals surface area contributed by atoms with E-state index in [1.807, 2.05) is 6.92 Å². The summed E-state index contributed by atoms with van der Waals surface area (Å²) in [6, 6.07) is 7.59. The summed E-state index contributed by atoms with van der Waals surface area (Å²) in [6.45, 7) is 1.86. The first kappa shape index (κ1) is 17.8. The van der Waals surface area contributed by atoms with E-state index in [1.165, 1.54) is 22.9 Å². The van der Waals surface area contributed by atoms with E-state index in [2.05, 4.69) is 0 Å². The number of hydrogen-bond acceptors (Lipinski definition) is 7. The predicted molar refractivity (Wildman–Crippen MR) is 87.9 cm³/mol. The summed E-state index contributed by atoms with van der Waals surface area (Å²) in [5, 5.41) is 2.77. The predicted octanol–water partition coefficient (Wildman–Crippen LogP) is 3.02. The molecule has 1 heterocycles. The molecular weight excluding hydrogens is 360 g/mol. The molecule has 1 aromatic heterocycles. The first-order valence-corrected chi connectivity index (χ1v) is 10.7. The molecule has 0 amide bonds. The maximum absolute atomic E-state index is 12.2. The largest absolute Gasteiger partial charge is 0.377 e. The second-order valence-corrected chi connectivity index (χ2v) is 8.63. The van der Waals surface area contributed by atoms with Gasteiger partial charge in [0.1, 0.15) is 4.90 Å². The highest BCUT2D eigenvalue weighted by molar-refractivity contribution is 7.87. The third kappa shape index (κ3) is 4.95. The van der Waals surface area contributed by atoms with E-state index in [9.17, 15) is 16.8 Å². The lowest BCUT2D eigenvalue weighted by Crippen LogP contribution is -2.15. The van der Waals surface area contributed by atoms with Crippen LogP contribution in [0.25, 0.3) is 0 Å². The Bertz CT molecular complexity index is 838. The molecule has 0 aliphatic heterocycles. The molecule has 9 heteroatoms. The van der Waals surface area contributed by atoms with Gasteiger partial charge in [0.15, 0.2) is 11.5 Å². The minimum atomic E-state index is -4.05. The highest BCUT2D eigenvalue weighted by Crippen LogP contribution is 2.34. The van der Waals surface area contributed by atoms with Crippen LogP contribution in [0.3, 0.4) is 0 Å². The Morgan fingerprint density at radius 2 is 1.57 bits per heavy atom. The van der Waals surface area contributed by atoms with Crippen molar-refractivity contribution in [3.05, 3.63) is 41.1 Å². The van der Waals surface area contributed by atoms with Crippen molar-refractivity contribution < 1.29 is 25.2 Å². The molecule has 6 nitrogen and oxygen atoms in total. The smallest absolute Gasteiger partial charge is 0.339 e. The minimum absolute atomic E-state index is 0.0222. The van der Waals surface area contributed by atoms with Gasteiger partial charge < -0.3 is 8.37 Å². The Morgan fingerprint density at radius 1 is 0.957 bits per heavy atom. The van der Waals surface area contributed by atoms with Gasteiger partial charge in [-0.15, -0.1) is 11.3 Å². The molecule has 23 heavy (non-hydrogen) atoms. The molecule has 0 spiro atoms. The number of unbranched alkanes of at least 4 members (excludes halogenated alkanes) is 1. The zero-order valence-electron chi connectivity index (χ0n) is 12.3. The van der Waals surface area contributed by atoms with Gasteiger partial charge in [-0.2, -0.15) is 16.8 Å². The number of hydrogen-bond donors (Lipinski definition) is 0. The average Bonchev–Trinajstić information content (AvgIpc) is 2.92. The lowest BCUT2D eigenvalue weighted by atomic mass is 10.4. The van der Waals surface area contributed by atoms with Gasteiger partial charge in [0.25, 0.3) is 0 Å². The molecule has 0 saturated heterocycles. The van der Waals surface area contributed by atoms with Crippen molar-refractivity contribution in [3.8, 4) is 11.5 Å². The first-order valence-electron chi connectivity index (χ1n) is 6.82. The number of rotatable bonds is 8. The third-order valence-electron chi connectivity index (χ3n) is 2.79. The van der Waals surface area contributed by atoms with Crippen LogP contribution in [0.15, 0.2) is 46.0 Å². The molecule has 0 radical (unpaired) electrons. The van der Waals surface area contributed by atoms with Gasteiger partial charge in [0.2, 0.25) is 0 Å². The van der Waals surface area contributed by atoms with Gasteiger partial charge in [-0.25, -0.2) is 0 Å². The van der Waals surface area contributed by atoms with E-state index in [0.29, 0.717) is 12.8 Å². The van der Waals surface area contributed by atoms with Crippen LogP contribution in [0.5, 0.6) is 11.5 Å². The summed E-state index contributed by atoms with van der Waals surface area (Å²) in [7, 11) is -7.82. The molecule has 0 aliphatic rings. The molecule has 0 saturated carbocycles. The summed E-state index contributed by atoms with van der Waals surface area (Å²) in [5.74, 6) is -0.394. The summed E-state index contributed by atoms with van der Waals surface area (Å²) < 4.78 is 57.9. The zero-order chi connectivity index (χ0) is 16.9. The van der Waals surface area contributed by atoms with Crippen LogP contribution in [-0.4, -0.2) is 22.6 Å². The van der Waals surface area contributed by atoms with E-state index >= 15 is 0 Å². The van der Waals surface area contributed by atoms with Crippen molar-refractivity contribution in [3.63, 3.8) is 0 Å². The van der Waals surface area contributed by atoms with Crippen LogP contribution >= 0.6 is 11.3 Å². The van der Waals surface area contributed by atoms with Crippen LogP contribution in [-0.2, 0) is 20.2 Å². The van der Waals surface area contributed by atoms with Gasteiger partial charge in [-0.05, 0) is 18.6 Å². The molecule has 1 aromatic carbocycles. The molecular formula is C14H16O6S3. The first-order chi connectivity index (χ1) is 10.8. The van der Waals surface area contributed by atoms with Crippen LogP contribution in [0.1, 0.15) is 19.8 Å². The van der Waals surface area contributed by atoms with Crippen molar-refractivity contribution in [2.45, 2.75) is 24.7 Å². The quantitative estimate of drug-likeness (QED) is 0.658. The van der Waals surface area contributed by atoms with Crippen LogP contribution in [0.2, 0.25) is 0 Å². The molecule has 0 bridgehead atoms. The highest BCUT2D eigenvalue weighted by atomic mass is 32.2. The van der Waals surface area contributed by atoms with Gasteiger partial charge in [0, 0.05) is 10.8 Å². The topological polar surface area (TPSA) is 86.7 Å². The van der Waals surface area contributed by atoms with Crippen molar-refractivity contribution in [2.24, 2.45) is 0 Å². The third-order valence-corrected chi connectivity index (χ3v) is 5.96. The Hall–Kier alpha value is -1.58. The second kappa shape index (κ2) is 7.33. The highest BCUT2D eigenvalue weighted by Gasteiger charge is 2.22. The fraction of sp³-hybridized carbons (Fsp3) is 0.286. The van der Waals surface area contributed by atoms with Crippen LogP contribution in [0, 0.1) is 0 Å². The van der Waals surface area contributed by atoms with Crippen LogP contribution < -0.4 is 8.37 Å². The molecule has 2 aromatic rings. The van der Waals surface area contributed by atoms with Crippen molar-refractivity contribution in [1.82, 2.24) is 0 Å². The van der Waals surface area contributed by atoms with E-state index in [4.69, 9.17) is 8.37 Å². The fourth-order valence-electron chi connectivity index (χ4n) is 1.65. The summed E-state index contributed by atoms with van der Waals surface area (Å²) in [4.78, 5) is -0.0222. The standard InChI is InChI=1S/C14H16O6S3/c1-2-3-9-22(15,16)19-13-10-21-11-14(13)20-23(17,18)12-7-5-4-6-8-12/h4-8,10-11H,2-3,9H2,1H3. The minimum Gasteiger partial charge on any atom is -0.377 e. The summed E-state index contributed by atoms with van der Waals surface area (Å²) in [5.41, 5.74) is 0. The van der Waals surface area contributed by atoms with E-state index in [0.717, 1.165) is 11.3 Å². The zero-order valence-corrected chi connectivity index (χ0v) is 14.8. The van der Waals surface area contributed by atoms with Gasteiger partial charge in [0.05, 0.1) is 5.75 Å². The van der Waals surface area contributed by atoms with Crippen molar-refractivity contribution >= 4 is 31.6 Å². The average molecular weight is 376 g/mol. The Morgan fingerprint density at radius 3 is 2.17 bits per heavy atom. The Balaban J connectivity index is 2.19. The Kier molecular flexibility index (Phi) is 5.66. The molecule has 0 unspecified atom stereocenters. The van der Waals surface area contributed by atoms with Crippen molar-refractivity contribution in [2.75, 3.05) is 5.75 Å². The molecule has 0 aliphatic carbocycles. The van der Waals surface area contributed by atoms with E-state index in [-0.39, 0.29) is 22.1 Å². The molecule has 2 rings (SSSR count). The summed E-state index contributed by atoms with van der Waals surface area (Å²) >= 11 is 1.09. The summed E-state index contributed by atoms with van der Waals surface area (Å²) in [6.07, 6.45) is 1.17. The SMILES string of the molecule is CCCCS(=O)(=O)Oc1cscc1OS(=O)(=O)c1ccccc1. The molecule has 0 fully saturated rings. The molecule has 0 atom stereocenters. The van der Waals surface area contributed by atoms with Crippen molar-refractivity contribution in [1.29, 1.82) is 0 Å². The normalized spacial score (nSPS) is 12.0. The molecule has 0 N–H and O–H groups in total. The number of thiophene rings is 1. The number of benzene rings is 1. The van der Waals surface area contributed by atoms with Crippen LogP contribution in [0.4, 0.5) is 0 Å². The lowest BCUT2D eigenvalue weighted by molar-refractivity contribution is 0.450. The Labute approximate surface area is 139 Å². The maximum Gasteiger partial charge on any atom is 0.339 e. The van der Waals surface area contributed by atoms with E-state index < -0.39 is 20.2 Å². The van der Waals surface area contributed by atoms with E-state index in [1.54, 1.807) is 18.2 Å². The van der Waals surface area contributed by atoms with Gasteiger partial charge in [-0.1, -0.05) is 31.5 Å².